The Hall–Kier alpha value is -2.75. The predicted molar refractivity (Wildman–Crippen MR) is 118 cm³/mol. The van der Waals surface area contributed by atoms with E-state index < -0.39 is 11.9 Å². The van der Waals surface area contributed by atoms with Gasteiger partial charge in [-0.25, -0.2) is 0 Å². The van der Waals surface area contributed by atoms with Crippen LogP contribution in [0.5, 0.6) is 0 Å². The molecule has 1 atom stereocenters. The molecule has 1 saturated heterocycles. The highest BCUT2D eigenvalue weighted by molar-refractivity contribution is 6.43. The van der Waals surface area contributed by atoms with E-state index in [-0.39, 0.29) is 27.6 Å². The van der Waals surface area contributed by atoms with Crippen molar-refractivity contribution >= 4 is 40.7 Å². The normalized spacial score (nSPS) is 15.2. The number of nitrogens with zero attached hydrogens (tertiary/aromatic N) is 2. The first-order chi connectivity index (χ1) is 14.4. The van der Waals surface area contributed by atoms with Gasteiger partial charge in [0.05, 0.1) is 27.2 Å². The highest BCUT2D eigenvalue weighted by Crippen LogP contribution is 2.25. The number of nitriles is 1. The van der Waals surface area contributed by atoms with Crippen molar-refractivity contribution in [2.45, 2.75) is 31.8 Å². The molecule has 0 saturated carbocycles. The van der Waals surface area contributed by atoms with Gasteiger partial charge >= 0.3 is 0 Å². The fourth-order valence-corrected chi connectivity index (χ4v) is 3.76. The quantitative estimate of drug-likeness (QED) is 0.734. The average molecular weight is 445 g/mol. The van der Waals surface area contributed by atoms with E-state index in [2.05, 4.69) is 21.6 Å². The van der Waals surface area contributed by atoms with E-state index >= 15 is 0 Å². The molecule has 0 radical (unpaired) electrons. The summed E-state index contributed by atoms with van der Waals surface area (Å²) in [6.07, 6.45) is 1.60. The predicted octanol–water partition coefficient (Wildman–Crippen LogP) is 3.77. The van der Waals surface area contributed by atoms with E-state index in [1.165, 1.54) is 0 Å². The minimum atomic E-state index is -0.705. The first-order valence-electron chi connectivity index (χ1n) is 9.69. The fourth-order valence-electron chi connectivity index (χ4n) is 3.37. The molecule has 0 aromatic heterocycles. The lowest BCUT2D eigenvalue weighted by Crippen LogP contribution is -2.51. The fraction of sp³-hybridized carbons (Fsp3) is 0.318. The van der Waals surface area contributed by atoms with E-state index in [1.807, 2.05) is 12.1 Å². The maximum atomic E-state index is 12.5. The monoisotopic (exact) mass is 444 g/mol. The summed E-state index contributed by atoms with van der Waals surface area (Å²) in [7, 11) is 0. The Morgan fingerprint density at radius 3 is 2.43 bits per heavy atom. The minimum Gasteiger partial charge on any atom is -0.371 e. The number of halogens is 2. The minimum absolute atomic E-state index is 0.0428. The van der Waals surface area contributed by atoms with Crippen molar-refractivity contribution in [3.05, 3.63) is 63.6 Å². The topological polar surface area (TPSA) is 85.2 Å². The Bertz CT molecular complexity index is 964. The van der Waals surface area contributed by atoms with Gasteiger partial charge in [0.1, 0.15) is 6.04 Å². The van der Waals surface area contributed by atoms with Gasteiger partial charge in [-0.1, -0.05) is 29.3 Å². The van der Waals surface area contributed by atoms with Gasteiger partial charge in [-0.05, 0) is 56.2 Å². The molecule has 0 spiro atoms. The number of carbonyl (C=O) groups excluding carboxylic acids is 2. The van der Waals surface area contributed by atoms with E-state index in [1.54, 1.807) is 37.3 Å². The Morgan fingerprint density at radius 2 is 1.80 bits per heavy atom. The van der Waals surface area contributed by atoms with Gasteiger partial charge < -0.3 is 15.5 Å². The molecule has 3 rings (SSSR count). The largest absolute Gasteiger partial charge is 0.371 e. The number of carbonyl (C=O) groups is 2. The zero-order valence-electron chi connectivity index (χ0n) is 16.5. The van der Waals surface area contributed by atoms with Crippen LogP contribution in [-0.2, 0) is 4.79 Å². The molecular weight excluding hydrogens is 423 g/mol. The van der Waals surface area contributed by atoms with Gasteiger partial charge in [0.2, 0.25) is 5.91 Å². The molecule has 156 valence electrons. The van der Waals surface area contributed by atoms with Crippen molar-refractivity contribution in [1.82, 2.24) is 10.6 Å². The zero-order chi connectivity index (χ0) is 21.7. The van der Waals surface area contributed by atoms with Gasteiger partial charge in [-0.2, -0.15) is 5.26 Å². The summed E-state index contributed by atoms with van der Waals surface area (Å²) >= 11 is 12.0. The molecule has 2 N–H and O–H groups in total. The van der Waals surface area contributed by atoms with Crippen molar-refractivity contribution in [3.63, 3.8) is 0 Å². The lowest BCUT2D eigenvalue weighted by Gasteiger charge is -2.34. The average Bonchev–Trinajstić information content (AvgIpc) is 2.76. The molecule has 1 aliphatic rings. The van der Waals surface area contributed by atoms with Crippen LogP contribution >= 0.6 is 23.2 Å². The second kappa shape index (κ2) is 9.84. The summed E-state index contributed by atoms with van der Waals surface area (Å²) in [6.45, 7) is 3.24. The van der Waals surface area contributed by atoms with Gasteiger partial charge in [0.25, 0.3) is 5.91 Å². The number of hydrogen-bond acceptors (Lipinski definition) is 4. The van der Waals surface area contributed by atoms with Gasteiger partial charge in [0.15, 0.2) is 0 Å². The van der Waals surface area contributed by atoms with E-state index in [4.69, 9.17) is 28.5 Å². The van der Waals surface area contributed by atoms with Crippen LogP contribution in [0.3, 0.4) is 0 Å². The number of hydrogen-bond donors (Lipinski definition) is 2. The summed E-state index contributed by atoms with van der Waals surface area (Å²) in [5, 5.41) is 15.0. The highest BCUT2D eigenvalue weighted by atomic mass is 35.5. The number of piperidine rings is 1. The Kier molecular flexibility index (Phi) is 7.20. The van der Waals surface area contributed by atoms with Crippen molar-refractivity contribution in [2.24, 2.45) is 0 Å². The second-order valence-electron chi connectivity index (χ2n) is 7.23. The third-order valence-corrected chi connectivity index (χ3v) is 5.96. The number of benzene rings is 2. The van der Waals surface area contributed by atoms with Gasteiger partial charge in [-0.15, -0.1) is 0 Å². The first-order valence-corrected chi connectivity index (χ1v) is 10.4. The number of nitrogens with one attached hydrogen (secondary N) is 2. The molecule has 30 heavy (non-hydrogen) atoms. The van der Waals surface area contributed by atoms with Crippen LogP contribution in [0.25, 0.3) is 0 Å². The van der Waals surface area contributed by atoms with E-state index in [0.29, 0.717) is 5.56 Å². The summed E-state index contributed by atoms with van der Waals surface area (Å²) in [5.74, 6) is -0.681. The summed E-state index contributed by atoms with van der Waals surface area (Å²) < 4.78 is 0. The SMILES string of the molecule is CC(NC(=O)c1cccc(Cl)c1Cl)C(=O)NC1CCN(c2ccc(C#N)cc2)CC1. The van der Waals surface area contributed by atoms with Gasteiger partial charge in [-0.3, -0.25) is 9.59 Å². The third-order valence-electron chi connectivity index (χ3n) is 5.14. The molecule has 8 heteroatoms. The molecule has 2 amide bonds. The molecule has 2 aromatic carbocycles. The molecule has 0 bridgehead atoms. The maximum Gasteiger partial charge on any atom is 0.253 e. The zero-order valence-corrected chi connectivity index (χ0v) is 18.0. The van der Waals surface area contributed by atoms with Crippen LogP contribution in [0.2, 0.25) is 10.0 Å². The van der Waals surface area contributed by atoms with E-state index in [0.717, 1.165) is 31.6 Å². The smallest absolute Gasteiger partial charge is 0.253 e. The van der Waals surface area contributed by atoms with Crippen LogP contribution in [0.15, 0.2) is 42.5 Å². The van der Waals surface area contributed by atoms with Crippen LogP contribution < -0.4 is 15.5 Å². The first kappa shape index (κ1) is 21.9. The van der Waals surface area contributed by atoms with Crippen molar-refractivity contribution in [1.29, 1.82) is 5.26 Å². The Labute approximate surface area is 185 Å². The third kappa shape index (κ3) is 5.24. The highest BCUT2D eigenvalue weighted by Gasteiger charge is 2.24. The standard InChI is InChI=1S/C22H22Cl2N4O2/c1-14(26-22(30)18-3-2-4-19(23)20(18)24)21(29)27-16-9-11-28(12-10-16)17-7-5-15(13-25)6-8-17/h2-8,14,16H,9-12H2,1H3,(H,26,30)(H,27,29). The Balaban J connectivity index is 1.49. The summed E-state index contributed by atoms with van der Waals surface area (Å²) in [5.41, 5.74) is 1.94. The van der Waals surface area contributed by atoms with Crippen molar-refractivity contribution < 1.29 is 9.59 Å². The number of anilines is 1. The molecule has 1 aliphatic heterocycles. The molecule has 2 aromatic rings. The Morgan fingerprint density at radius 1 is 1.13 bits per heavy atom. The number of rotatable bonds is 5. The van der Waals surface area contributed by atoms with Crippen LogP contribution in [0.1, 0.15) is 35.7 Å². The van der Waals surface area contributed by atoms with Crippen LogP contribution in [0, 0.1) is 11.3 Å². The van der Waals surface area contributed by atoms with Crippen LogP contribution in [-0.4, -0.2) is 37.0 Å². The van der Waals surface area contributed by atoms with Gasteiger partial charge in [0, 0.05) is 24.8 Å². The molecule has 0 aliphatic carbocycles. The molecule has 6 nitrogen and oxygen atoms in total. The lowest BCUT2D eigenvalue weighted by molar-refractivity contribution is -0.123. The second-order valence-corrected chi connectivity index (χ2v) is 8.01. The van der Waals surface area contributed by atoms with Crippen molar-refractivity contribution in [2.75, 3.05) is 18.0 Å². The van der Waals surface area contributed by atoms with Crippen LogP contribution in [0.4, 0.5) is 5.69 Å². The molecule has 1 fully saturated rings. The summed E-state index contributed by atoms with van der Waals surface area (Å²) in [4.78, 5) is 27.2. The molecule has 1 unspecified atom stereocenters. The molecular formula is C22H22Cl2N4O2. The maximum absolute atomic E-state index is 12.5. The summed E-state index contributed by atoms with van der Waals surface area (Å²) in [6, 6.07) is 13.7. The van der Waals surface area contributed by atoms with Crippen molar-refractivity contribution in [3.8, 4) is 6.07 Å². The lowest BCUT2D eigenvalue weighted by atomic mass is 10.0. The number of amides is 2. The van der Waals surface area contributed by atoms with E-state index in [9.17, 15) is 9.59 Å². The molecule has 1 heterocycles.